The summed E-state index contributed by atoms with van der Waals surface area (Å²) in [5, 5.41) is 5.10. The van der Waals surface area contributed by atoms with E-state index >= 15 is 0 Å². The summed E-state index contributed by atoms with van der Waals surface area (Å²) in [6.45, 7) is 4.26. The highest BCUT2D eigenvalue weighted by atomic mass is 32.2. The molecule has 0 aliphatic carbocycles. The van der Waals surface area contributed by atoms with Crippen LogP contribution in [-0.2, 0) is 43.8 Å². The van der Waals surface area contributed by atoms with Crippen molar-refractivity contribution in [2.75, 3.05) is 5.75 Å². The Hall–Kier alpha value is -2.51. The molecule has 2 aromatic carbocycles. The van der Waals surface area contributed by atoms with Crippen LogP contribution in [0.5, 0.6) is 0 Å². The van der Waals surface area contributed by atoms with Crippen LogP contribution in [0.2, 0.25) is 0 Å². The first-order chi connectivity index (χ1) is 14.1. The van der Waals surface area contributed by atoms with Gasteiger partial charge in [-0.15, -0.1) is 0 Å². The molecule has 6 nitrogen and oxygen atoms in total. The van der Waals surface area contributed by atoms with Gasteiger partial charge in [0.15, 0.2) is 0 Å². The molecule has 0 heterocycles. The third kappa shape index (κ3) is 8.47. The quantitative estimate of drug-likeness (QED) is 0.435. The fourth-order valence-corrected chi connectivity index (χ4v) is 3.90. The molecule has 0 radical (unpaired) electrons. The Labute approximate surface area is 178 Å². The molecule has 2 aromatic rings. The molecule has 0 bridgehead atoms. The van der Waals surface area contributed by atoms with E-state index in [1.54, 1.807) is 24.3 Å². The number of rotatable bonds is 11. The SMILES string of the molecule is CC(C)Cc1ccc(CCC(=O)C(CS(N)(=O)=O)C(=O)OCc2ccccc2)cc1. The first-order valence-electron chi connectivity index (χ1n) is 9.95. The van der Waals surface area contributed by atoms with E-state index in [9.17, 15) is 18.0 Å². The number of ether oxygens (including phenoxy) is 1. The van der Waals surface area contributed by atoms with Crippen molar-refractivity contribution >= 4 is 21.8 Å². The molecule has 0 fully saturated rings. The summed E-state index contributed by atoms with van der Waals surface area (Å²) in [5.74, 6) is -2.99. The number of sulfonamides is 1. The van der Waals surface area contributed by atoms with Gasteiger partial charge in [-0.3, -0.25) is 9.59 Å². The van der Waals surface area contributed by atoms with Gasteiger partial charge in [0.25, 0.3) is 0 Å². The minimum Gasteiger partial charge on any atom is -0.460 e. The number of Topliss-reactive ketones (excluding diaryl/α,β-unsaturated/α-hetero) is 1. The molecular formula is C23H29NO5S. The fraction of sp³-hybridized carbons (Fsp3) is 0.391. The molecule has 1 unspecified atom stereocenters. The molecule has 30 heavy (non-hydrogen) atoms. The maximum Gasteiger partial charge on any atom is 0.317 e. The summed E-state index contributed by atoms with van der Waals surface area (Å²) in [5.41, 5.74) is 2.91. The van der Waals surface area contributed by atoms with Gasteiger partial charge in [-0.1, -0.05) is 68.4 Å². The Kier molecular flexibility index (Phi) is 8.74. The summed E-state index contributed by atoms with van der Waals surface area (Å²) >= 11 is 0. The highest BCUT2D eigenvalue weighted by Crippen LogP contribution is 2.15. The first-order valence-corrected chi connectivity index (χ1v) is 11.7. The molecule has 0 aliphatic rings. The average Bonchev–Trinajstić information content (AvgIpc) is 2.69. The Morgan fingerprint density at radius 2 is 1.53 bits per heavy atom. The molecule has 1 atom stereocenters. The second kappa shape index (κ2) is 11.0. The van der Waals surface area contributed by atoms with Crippen LogP contribution in [0, 0.1) is 11.8 Å². The van der Waals surface area contributed by atoms with Crippen molar-refractivity contribution in [3.05, 3.63) is 71.3 Å². The zero-order valence-electron chi connectivity index (χ0n) is 17.4. The van der Waals surface area contributed by atoms with Gasteiger partial charge in [-0.05, 0) is 35.4 Å². The molecular weight excluding hydrogens is 402 g/mol. The van der Waals surface area contributed by atoms with Crippen molar-refractivity contribution in [3.63, 3.8) is 0 Å². The van der Waals surface area contributed by atoms with E-state index in [4.69, 9.17) is 9.88 Å². The highest BCUT2D eigenvalue weighted by Gasteiger charge is 2.31. The average molecular weight is 432 g/mol. The molecule has 2 rings (SSSR count). The summed E-state index contributed by atoms with van der Waals surface area (Å²) in [6.07, 6.45) is 1.42. The minimum atomic E-state index is -4.02. The van der Waals surface area contributed by atoms with Crippen LogP contribution in [0.25, 0.3) is 0 Å². The second-order valence-corrected chi connectivity index (χ2v) is 9.52. The molecule has 0 aliphatic heterocycles. The Bertz CT molecular complexity index is 937. The highest BCUT2D eigenvalue weighted by molar-refractivity contribution is 7.89. The molecule has 0 amide bonds. The number of ketones is 1. The maximum atomic E-state index is 12.6. The summed E-state index contributed by atoms with van der Waals surface area (Å²) in [7, 11) is -4.02. The van der Waals surface area contributed by atoms with Gasteiger partial charge in [-0.2, -0.15) is 0 Å². The number of primary sulfonamides is 1. The number of hydrogen-bond donors (Lipinski definition) is 1. The number of esters is 1. The van der Waals surface area contributed by atoms with E-state index in [0.29, 0.717) is 12.3 Å². The Morgan fingerprint density at radius 3 is 2.10 bits per heavy atom. The van der Waals surface area contributed by atoms with Crippen LogP contribution >= 0.6 is 0 Å². The van der Waals surface area contributed by atoms with Crippen LogP contribution in [0.1, 0.15) is 37.0 Å². The van der Waals surface area contributed by atoms with Crippen molar-refractivity contribution in [2.24, 2.45) is 17.0 Å². The lowest BCUT2D eigenvalue weighted by Gasteiger charge is -2.14. The number of carbonyl (C=O) groups excluding carboxylic acids is 2. The van der Waals surface area contributed by atoms with E-state index in [-0.39, 0.29) is 13.0 Å². The summed E-state index contributed by atoms with van der Waals surface area (Å²) < 4.78 is 28.3. The molecule has 7 heteroatoms. The molecule has 0 saturated carbocycles. The van der Waals surface area contributed by atoms with Crippen LogP contribution < -0.4 is 5.14 Å². The van der Waals surface area contributed by atoms with E-state index in [0.717, 1.165) is 17.5 Å². The monoisotopic (exact) mass is 431 g/mol. The number of benzene rings is 2. The molecule has 2 N–H and O–H groups in total. The van der Waals surface area contributed by atoms with Gasteiger partial charge in [0.05, 0.1) is 5.75 Å². The standard InChI is InChI=1S/C23H29NO5S/c1-17(2)14-19-10-8-18(9-11-19)12-13-22(25)21(16-30(24,27)28)23(26)29-15-20-6-4-3-5-7-20/h3-11,17,21H,12-16H2,1-2H3,(H2,24,27,28). The zero-order chi connectivity index (χ0) is 22.1. The van der Waals surface area contributed by atoms with Gasteiger partial charge in [-0.25, -0.2) is 13.6 Å². The Morgan fingerprint density at radius 1 is 0.933 bits per heavy atom. The third-order valence-electron chi connectivity index (χ3n) is 4.62. The maximum absolute atomic E-state index is 12.6. The van der Waals surface area contributed by atoms with Crippen LogP contribution in [-0.4, -0.2) is 25.9 Å². The number of aryl methyl sites for hydroxylation is 1. The normalized spacial score (nSPS) is 12.5. The van der Waals surface area contributed by atoms with Crippen LogP contribution in [0.4, 0.5) is 0 Å². The molecule has 0 spiro atoms. The van der Waals surface area contributed by atoms with Crippen molar-refractivity contribution in [2.45, 2.75) is 39.7 Å². The fourth-order valence-electron chi connectivity index (χ4n) is 3.11. The van der Waals surface area contributed by atoms with E-state index in [1.165, 1.54) is 5.56 Å². The van der Waals surface area contributed by atoms with Gasteiger partial charge < -0.3 is 4.74 Å². The predicted octanol–water partition coefficient (Wildman–Crippen LogP) is 3.03. The zero-order valence-corrected chi connectivity index (χ0v) is 18.2. The van der Waals surface area contributed by atoms with E-state index < -0.39 is 33.4 Å². The van der Waals surface area contributed by atoms with Gasteiger partial charge in [0.1, 0.15) is 18.3 Å². The smallest absolute Gasteiger partial charge is 0.317 e. The lowest BCUT2D eigenvalue weighted by atomic mass is 9.97. The van der Waals surface area contributed by atoms with Gasteiger partial charge >= 0.3 is 5.97 Å². The Balaban J connectivity index is 1.99. The van der Waals surface area contributed by atoms with Crippen LogP contribution in [0.3, 0.4) is 0 Å². The predicted molar refractivity (Wildman–Crippen MR) is 116 cm³/mol. The summed E-state index contributed by atoms with van der Waals surface area (Å²) in [4.78, 5) is 25.1. The second-order valence-electron chi connectivity index (χ2n) is 7.86. The molecule has 0 saturated heterocycles. The van der Waals surface area contributed by atoms with E-state index in [2.05, 4.69) is 13.8 Å². The topological polar surface area (TPSA) is 104 Å². The number of nitrogens with two attached hydrogens (primary N) is 1. The van der Waals surface area contributed by atoms with E-state index in [1.807, 2.05) is 30.3 Å². The van der Waals surface area contributed by atoms with Crippen molar-refractivity contribution in [1.82, 2.24) is 0 Å². The summed E-state index contributed by atoms with van der Waals surface area (Å²) in [6, 6.07) is 16.9. The van der Waals surface area contributed by atoms with Gasteiger partial charge in [0, 0.05) is 6.42 Å². The lowest BCUT2D eigenvalue weighted by Crippen LogP contribution is -2.35. The first kappa shape index (κ1) is 23.8. The minimum absolute atomic E-state index is 0.0319. The number of carbonyl (C=O) groups is 2. The third-order valence-corrected chi connectivity index (χ3v) is 5.42. The molecule has 162 valence electrons. The van der Waals surface area contributed by atoms with Crippen molar-refractivity contribution in [3.8, 4) is 0 Å². The van der Waals surface area contributed by atoms with Crippen molar-refractivity contribution in [1.29, 1.82) is 0 Å². The van der Waals surface area contributed by atoms with Crippen molar-refractivity contribution < 1.29 is 22.7 Å². The number of hydrogen-bond acceptors (Lipinski definition) is 5. The van der Waals surface area contributed by atoms with Gasteiger partial charge in [0.2, 0.25) is 10.0 Å². The van der Waals surface area contributed by atoms with Crippen LogP contribution in [0.15, 0.2) is 54.6 Å². The lowest BCUT2D eigenvalue weighted by molar-refractivity contribution is -0.152. The largest absolute Gasteiger partial charge is 0.460 e. The molecule has 0 aromatic heterocycles.